The molecule has 0 aliphatic heterocycles. The first-order valence-electron chi connectivity index (χ1n) is 7.12. The summed E-state index contributed by atoms with van der Waals surface area (Å²) < 4.78 is 5.68. The highest BCUT2D eigenvalue weighted by Gasteiger charge is 2.20. The molecule has 5 nitrogen and oxygen atoms in total. The summed E-state index contributed by atoms with van der Waals surface area (Å²) in [4.78, 5) is 3.27. The van der Waals surface area contributed by atoms with Crippen molar-refractivity contribution in [3.05, 3.63) is 54.1 Å². The second-order valence-electron chi connectivity index (χ2n) is 5.41. The van der Waals surface area contributed by atoms with Crippen molar-refractivity contribution in [1.82, 2.24) is 15.2 Å². The molecule has 0 aliphatic rings. The molecule has 2 aromatic heterocycles. The van der Waals surface area contributed by atoms with Crippen LogP contribution >= 0.6 is 11.8 Å². The molecule has 2 heterocycles. The molecule has 22 heavy (non-hydrogen) atoms. The molecule has 3 rings (SSSR count). The average Bonchev–Trinajstić information content (AvgIpc) is 3.13. The Kier molecular flexibility index (Phi) is 4.31. The van der Waals surface area contributed by atoms with Gasteiger partial charge in [-0.2, -0.15) is 0 Å². The summed E-state index contributed by atoms with van der Waals surface area (Å²) in [7, 11) is 0. The van der Waals surface area contributed by atoms with Crippen molar-refractivity contribution in [3.63, 3.8) is 0 Å². The minimum Gasteiger partial charge on any atom is -0.410 e. The van der Waals surface area contributed by atoms with E-state index in [1.807, 2.05) is 25.3 Å². The highest BCUT2D eigenvalue weighted by atomic mass is 32.2. The van der Waals surface area contributed by atoms with Gasteiger partial charge in [-0.25, -0.2) is 0 Å². The molecule has 6 heteroatoms. The van der Waals surface area contributed by atoms with Crippen LogP contribution in [0.15, 0.2) is 52.3 Å². The van der Waals surface area contributed by atoms with E-state index in [1.165, 1.54) is 22.7 Å². The van der Waals surface area contributed by atoms with Crippen LogP contribution in [-0.4, -0.2) is 20.9 Å². The highest BCUT2D eigenvalue weighted by Crippen LogP contribution is 2.24. The van der Waals surface area contributed by atoms with E-state index in [1.54, 1.807) is 0 Å². The van der Waals surface area contributed by atoms with E-state index < -0.39 is 0 Å². The first-order chi connectivity index (χ1) is 10.6. The Balaban J connectivity index is 1.71. The number of hydrogen-bond acceptors (Lipinski definition) is 4. The first-order valence-corrected chi connectivity index (χ1v) is 8.10. The van der Waals surface area contributed by atoms with Gasteiger partial charge in [0.1, 0.15) is 0 Å². The molecule has 4 N–H and O–H groups in total. The fourth-order valence-corrected chi connectivity index (χ4v) is 2.89. The summed E-state index contributed by atoms with van der Waals surface area (Å²) in [5.41, 5.74) is 7.59. The molecule has 0 saturated carbocycles. The van der Waals surface area contributed by atoms with E-state index >= 15 is 0 Å². The molecular formula is C16H19N4OS+. The second kappa shape index (κ2) is 6.37. The first kappa shape index (κ1) is 14.9. The number of aromatic nitrogens is 3. The SMILES string of the molecule is C=C(C)CSc1nnc(C([NH3+])Cc2c[nH]c3ccccc23)o1. The van der Waals surface area contributed by atoms with E-state index in [-0.39, 0.29) is 6.04 Å². The van der Waals surface area contributed by atoms with Crippen LogP contribution in [0.3, 0.4) is 0 Å². The zero-order chi connectivity index (χ0) is 15.5. The number of rotatable bonds is 6. The summed E-state index contributed by atoms with van der Waals surface area (Å²) in [6, 6.07) is 8.17. The van der Waals surface area contributed by atoms with Gasteiger partial charge in [0, 0.05) is 29.3 Å². The molecule has 114 valence electrons. The molecule has 0 radical (unpaired) electrons. The summed E-state index contributed by atoms with van der Waals surface area (Å²) >= 11 is 1.50. The summed E-state index contributed by atoms with van der Waals surface area (Å²) in [5, 5.41) is 9.96. The van der Waals surface area contributed by atoms with E-state index in [0.29, 0.717) is 11.1 Å². The number of nitrogens with zero attached hydrogens (tertiary/aromatic N) is 2. The van der Waals surface area contributed by atoms with Gasteiger partial charge in [0.2, 0.25) is 0 Å². The fourth-order valence-electron chi connectivity index (χ4n) is 2.28. The molecule has 1 aromatic carbocycles. The number of nitrogens with one attached hydrogen (secondary N) is 1. The molecule has 0 spiro atoms. The lowest BCUT2D eigenvalue weighted by Gasteiger charge is -2.02. The van der Waals surface area contributed by atoms with Crippen LogP contribution in [0.1, 0.15) is 24.4 Å². The molecule has 0 saturated heterocycles. The maximum absolute atomic E-state index is 5.68. The standard InChI is InChI=1S/C16H18N4OS/c1-10(2)9-22-16-20-19-15(21-16)13(17)7-11-8-18-14-6-4-3-5-12(11)14/h3-6,8,13,18H,1,7,9,17H2,2H3/p+1. The summed E-state index contributed by atoms with van der Waals surface area (Å²) in [6.07, 6.45) is 2.78. The Morgan fingerprint density at radius 3 is 3.05 bits per heavy atom. The maximum atomic E-state index is 5.68. The Morgan fingerprint density at radius 2 is 2.23 bits per heavy atom. The number of para-hydroxylation sites is 1. The molecule has 1 unspecified atom stereocenters. The number of aromatic amines is 1. The van der Waals surface area contributed by atoms with Crippen LogP contribution in [0.25, 0.3) is 10.9 Å². The minimum atomic E-state index is -0.0640. The maximum Gasteiger partial charge on any atom is 0.277 e. The number of hydrogen-bond donors (Lipinski definition) is 2. The van der Waals surface area contributed by atoms with Crippen molar-refractivity contribution in [2.45, 2.75) is 24.6 Å². The van der Waals surface area contributed by atoms with Gasteiger partial charge < -0.3 is 15.1 Å². The lowest BCUT2D eigenvalue weighted by Crippen LogP contribution is -2.54. The van der Waals surface area contributed by atoms with E-state index in [9.17, 15) is 0 Å². The number of thioether (sulfide) groups is 1. The van der Waals surface area contributed by atoms with Crippen molar-refractivity contribution in [2.24, 2.45) is 0 Å². The zero-order valence-electron chi connectivity index (χ0n) is 12.5. The van der Waals surface area contributed by atoms with Crippen molar-refractivity contribution in [1.29, 1.82) is 0 Å². The van der Waals surface area contributed by atoms with Gasteiger partial charge in [0.25, 0.3) is 11.1 Å². The molecule has 0 aliphatic carbocycles. The Hall–Kier alpha value is -2.05. The topological polar surface area (TPSA) is 82.4 Å². The third-order valence-electron chi connectivity index (χ3n) is 3.35. The molecule has 0 bridgehead atoms. The van der Waals surface area contributed by atoms with Crippen LogP contribution in [0.5, 0.6) is 0 Å². The fraction of sp³-hybridized carbons (Fsp3) is 0.250. The minimum absolute atomic E-state index is 0.0640. The van der Waals surface area contributed by atoms with Gasteiger partial charge in [-0.15, -0.1) is 10.2 Å². The van der Waals surface area contributed by atoms with Gasteiger partial charge in [-0.1, -0.05) is 42.1 Å². The third kappa shape index (κ3) is 3.23. The monoisotopic (exact) mass is 315 g/mol. The molecule has 0 amide bonds. The van der Waals surface area contributed by atoms with E-state index in [0.717, 1.165) is 23.3 Å². The van der Waals surface area contributed by atoms with Crippen LogP contribution < -0.4 is 5.73 Å². The van der Waals surface area contributed by atoms with Crippen LogP contribution in [0.4, 0.5) is 0 Å². The van der Waals surface area contributed by atoms with Gasteiger partial charge in [-0.3, -0.25) is 0 Å². The molecule has 1 atom stereocenters. The predicted molar refractivity (Wildman–Crippen MR) is 87.5 cm³/mol. The molecule has 3 aromatic rings. The Morgan fingerprint density at radius 1 is 1.41 bits per heavy atom. The Bertz CT molecular complexity index is 792. The number of H-pyrrole nitrogens is 1. The van der Waals surface area contributed by atoms with Gasteiger partial charge in [-0.05, 0) is 18.6 Å². The highest BCUT2D eigenvalue weighted by molar-refractivity contribution is 7.99. The van der Waals surface area contributed by atoms with Gasteiger partial charge in [0.05, 0.1) is 0 Å². The largest absolute Gasteiger partial charge is 0.410 e. The van der Waals surface area contributed by atoms with E-state index in [4.69, 9.17) is 4.42 Å². The summed E-state index contributed by atoms with van der Waals surface area (Å²) in [6.45, 7) is 5.84. The van der Waals surface area contributed by atoms with Gasteiger partial charge >= 0.3 is 0 Å². The van der Waals surface area contributed by atoms with Crippen molar-refractivity contribution >= 4 is 22.7 Å². The lowest BCUT2D eigenvalue weighted by atomic mass is 10.1. The summed E-state index contributed by atoms with van der Waals surface area (Å²) in [5.74, 6) is 1.36. The van der Waals surface area contributed by atoms with Crippen LogP contribution in [-0.2, 0) is 6.42 Å². The molecular weight excluding hydrogens is 296 g/mol. The smallest absolute Gasteiger partial charge is 0.277 e. The normalized spacial score (nSPS) is 12.6. The quantitative estimate of drug-likeness (QED) is 0.541. The van der Waals surface area contributed by atoms with Crippen molar-refractivity contribution in [3.8, 4) is 0 Å². The lowest BCUT2D eigenvalue weighted by molar-refractivity contribution is -0.431. The van der Waals surface area contributed by atoms with Crippen LogP contribution in [0, 0.1) is 0 Å². The number of benzene rings is 1. The van der Waals surface area contributed by atoms with Crippen LogP contribution in [0.2, 0.25) is 0 Å². The zero-order valence-corrected chi connectivity index (χ0v) is 13.3. The third-order valence-corrected chi connectivity index (χ3v) is 4.40. The Labute approximate surface area is 133 Å². The number of fused-ring (bicyclic) bond motifs is 1. The average molecular weight is 315 g/mol. The number of quaternary nitrogens is 1. The predicted octanol–water partition coefficient (Wildman–Crippen LogP) is 2.74. The van der Waals surface area contributed by atoms with Crippen molar-refractivity contribution < 1.29 is 10.2 Å². The van der Waals surface area contributed by atoms with Gasteiger partial charge in [0.15, 0.2) is 6.04 Å². The van der Waals surface area contributed by atoms with E-state index in [2.05, 4.69) is 39.6 Å². The van der Waals surface area contributed by atoms with Crippen molar-refractivity contribution in [2.75, 3.05) is 5.75 Å². The second-order valence-corrected chi connectivity index (χ2v) is 6.34. The molecule has 0 fully saturated rings.